The lowest BCUT2D eigenvalue weighted by Crippen LogP contribution is -2.14. The molecule has 1 N–H and O–H groups in total. The van der Waals surface area contributed by atoms with Gasteiger partial charge in [-0.1, -0.05) is 65.1 Å². The van der Waals surface area contributed by atoms with Gasteiger partial charge in [-0.05, 0) is 60.0 Å². The summed E-state index contributed by atoms with van der Waals surface area (Å²) in [5.41, 5.74) is 2.96. The molecule has 0 aromatic heterocycles. The zero-order valence-electron chi connectivity index (χ0n) is 16.5. The average Bonchev–Trinajstić information content (AvgIpc) is 2.75. The summed E-state index contributed by atoms with van der Waals surface area (Å²) >= 11 is 18.3. The molecule has 1 amide bonds. The van der Waals surface area contributed by atoms with Crippen LogP contribution in [0.3, 0.4) is 0 Å². The Labute approximate surface area is 195 Å². The largest absolute Gasteiger partial charge is 0.487 e. The second-order valence-electron chi connectivity index (χ2n) is 6.67. The number of nitrogens with one attached hydrogen (secondary N) is 1. The van der Waals surface area contributed by atoms with Crippen LogP contribution in [0.25, 0.3) is 6.08 Å². The molecule has 0 radical (unpaired) electrons. The highest BCUT2D eigenvalue weighted by Gasteiger charge is 2.12. The monoisotopic (exact) mass is 470 g/mol. The van der Waals surface area contributed by atoms with Gasteiger partial charge in [0.05, 0.1) is 15.1 Å². The van der Waals surface area contributed by atoms with Crippen LogP contribution in [0.15, 0.2) is 66.2 Å². The van der Waals surface area contributed by atoms with Crippen LogP contribution in [0.2, 0.25) is 15.1 Å². The molecule has 7 heteroatoms. The van der Waals surface area contributed by atoms with Gasteiger partial charge < -0.3 is 10.1 Å². The molecule has 0 aliphatic heterocycles. The van der Waals surface area contributed by atoms with E-state index in [1.807, 2.05) is 37.3 Å². The number of carbonyl (C=O) groups excluding carboxylic acids is 1. The summed E-state index contributed by atoms with van der Waals surface area (Å²) in [4.78, 5) is 12.5. The Bertz CT molecular complexity index is 1200. The van der Waals surface area contributed by atoms with Crippen LogP contribution in [0.1, 0.15) is 16.7 Å². The molecule has 0 saturated carbocycles. The predicted molar refractivity (Wildman–Crippen MR) is 126 cm³/mol. The summed E-state index contributed by atoms with van der Waals surface area (Å²) in [5, 5.41) is 13.4. The number of ether oxygens (including phenoxy) is 1. The van der Waals surface area contributed by atoms with Crippen molar-refractivity contribution in [3.05, 3.63) is 98.0 Å². The number of nitrogens with zero attached hydrogens (tertiary/aromatic N) is 1. The normalized spacial score (nSPS) is 11.0. The van der Waals surface area contributed by atoms with E-state index >= 15 is 0 Å². The molecule has 0 fully saturated rings. The van der Waals surface area contributed by atoms with Crippen molar-refractivity contribution in [2.45, 2.75) is 13.5 Å². The van der Waals surface area contributed by atoms with E-state index in [2.05, 4.69) is 5.32 Å². The fourth-order valence-electron chi connectivity index (χ4n) is 2.73. The summed E-state index contributed by atoms with van der Waals surface area (Å²) in [7, 11) is 0. The van der Waals surface area contributed by atoms with Crippen LogP contribution >= 0.6 is 34.8 Å². The van der Waals surface area contributed by atoms with E-state index in [0.29, 0.717) is 32.1 Å². The number of nitriles is 1. The molecular formula is C24H17Cl3N2O2. The average molecular weight is 472 g/mol. The molecule has 156 valence electrons. The van der Waals surface area contributed by atoms with Crippen molar-refractivity contribution in [1.82, 2.24) is 0 Å². The molecule has 0 aliphatic rings. The third-order valence-electron chi connectivity index (χ3n) is 4.40. The van der Waals surface area contributed by atoms with Gasteiger partial charge in [0.1, 0.15) is 24.0 Å². The predicted octanol–water partition coefficient (Wildman–Crippen LogP) is 7.08. The lowest BCUT2D eigenvalue weighted by molar-refractivity contribution is -0.112. The van der Waals surface area contributed by atoms with Crippen LogP contribution in [0.4, 0.5) is 5.69 Å². The Balaban J connectivity index is 1.72. The third-order valence-corrected chi connectivity index (χ3v) is 5.44. The Kier molecular flexibility index (Phi) is 7.59. The number of carbonyl (C=O) groups is 1. The smallest absolute Gasteiger partial charge is 0.266 e. The minimum Gasteiger partial charge on any atom is -0.487 e. The topological polar surface area (TPSA) is 62.1 Å². The number of hydrogen-bond acceptors (Lipinski definition) is 3. The number of amides is 1. The van der Waals surface area contributed by atoms with Crippen molar-refractivity contribution in [2.75, 3.05) is 5.32 Å². The van der Waals surface area contributed by atoms with Crippen molar-refractivity contribution in [3.63, 3.8) is 0 Å². The number of aryl methyl sites for hydroxylation is 1. The lowest BCUT2D eigenvalue weighted by atomic mass is 10.1. The highest BCUT2D eigenvalue weighted by molar-refractivity contribution is 6.42. The first-order valence-electron chi connectivity index (χ1n) is 9.22. The standard InChI is InChI=1S/C24H17Cl3N2O2/c1-15-4-2-3-5-22(15)29-24(30)18(13-28)10-16-7-9-23(21(27)11-16)31-14-17-6-8-19(25)20(26)12-17/h2-12H,14H2,1H3,(H,29,30)/b18-10+. The van der Waals surface area contributed by atoms with Gasteiger partial charge in [-0.15, -0.1) is 0 Å². The second kappa shape index (κ2) is 10.4. The number of rotatable bonds is 6. The third kappa shape index (κ3) is 6.02. The van der Waals surface area contributed by atoms with Crippen LogP contribution in [0.5, 0.6) is 5.75 Å². The number of hydrogen-bond donors (Lipinski definition) is 1. The zero-order valence-corrected chi connectivity index (χ0v) is 18.7. The van der Waals surface area contributed by atoms with Crippen molar-refractivity contribution in [3.8, 4) is 11.8 Å². The summed E-state index contributed by atoms with van der Waals surface area (Å²) in [6.45, 7) is 2.13. The molecule has 0 spiro atoms. The van der Waals surface area contributed by atoms with Crippen LogP contribution in [-0.4, -0.2) is 5.91 Å². The summed E-state index contributed by atoms with van der Waals surface area (Å²) in [6, 6.07) is 19.5. The summed E-state index contributed by atoms with van der Waals surface area (Å²) in [5.74, 6) is -0.0272. The molecule has 31 heavy (non-hydrogen) atoms. The minimum absolute atomic E-state index is 0.0382. The maximum atomic E-state index is 12.5. The Morgan fingerprint density at radius 2 is 1.81 bits per heavy atom. The molecule has 0 bridgehead atoms. The molecule has 0 heterocycles. The highest BCUT2D eigenvalue weighted by atomic mass is 35.5. The first-order valence-corrected chi connectivity index (χ1v) is 10.4. The van der Waals surface area contributed by atoms with Gasteiger partial charge in [-0.3, -0.25) is 4.79 Å². The maximum absolute atomic E-state index is 12.5. The molecule has 4 nitrogen and oxygen atoms in total. The lowest BCUT2D eigenvalue weighted by Gasteiger charge is -2.10. The van der Waals surface area contributed by atoms with E-state index in [1.165, 1.54) is 6.08 Å². The molecule has 3 aromatic rings. The number of anilines is 1. The van der Waals surface area contributed by atoms with Gasteiger partial charge in [-0.2, -0.15) is 5.26 Å². The Morgan fingerprint density at radius 1 is 1.03 bits per heavy atom. The molecule has 0 saturated heterocycles. The van der Waals surface area contributed by atoms with Gasteiger partial charge >= 0.3 is 0 Å². The van der Waals surface area contributed by atoms with Crippen molar-refractivity contribution in [2.24, 2.45) is 0 Å². The van der Waals surface area contributed by atoms with E-state index in [-0.39, 0.29) is 12.2 Å². The highest BCUT2D eigenvalue weighted by Crippen LogP contribution is 2.28. The fraction of sp³-hybridized carbons (Fsp3) is 0.0833. The van der Waals surface area contributed by atoms with E-state index in [9.17, 15) is 10.1 Å². The fourth-order valence-corrected chi connectivity index (χ4v) is 3.30. The molecular weight excluding hydrogens is 455 g/mol. The zero-order chi connectivity index (χ0) is 22.4. The van der Waals surface area contributed by atoms with E-state index in [1.54, 1.807) is 36.4 Å². The van der Waals surface area contributed by atoms with Gasteiger partial charge in [0, 0.05) is 5.69 Å². The quantitative estimate of drug-likeness (QED) is 0.308. The molecule has 0 unspecified atom stereocenters. The second-order valence-corrected chi connectivity index (χ2v) is 7.89. The van der Waals surface area contributed by atoms with Crippen LogP contribution in [-0.2, 0) is 11.4 Å². The SMILES string of the molecule is Cc1ccccc1NC(=O)/C(C#N)=C/c1ccc(OCc2ccc(Cl)c(Cl)c2)c(Cl)c1. The molecule has 0 atom stereocenters. The first-order chi connectivity index (χ1) is 14.9. The molecule has 3 rings (SSSR count). The minimum atomic E-state index is -0.493. The van der Waals surface area contributed by atoms with Crippen molar-refractivity contribution >= 4 is 52.5 Å². The van der Waals surface area contributed by atoms with E-state index < -0.39 is 5.91 Å². The Hall–Kier alpha value is -2.97. The van der Waals surface area contributed by atoms with E-state index in [4.69, 9.17) is 39.5 Å². The van der Waals surface area contributed by atoms with Gasteiger partial charge in [0.15, 0.2) is 0 Å². The summed E-state index contributed by atoms with van der Waals surface area (Å²) in [6.07, 6.45) is 1.47. The van der Waals surface area contributed by atoms with E-state index in [0.717, 1.165) is 11.1 Å². The van der Waals surface area contributed by atoms with Gasteiger partial charge in [0.2, 0.25) is 0 Å². The van der Waals surface area contributed by atoms with Gasteiger partial charge in [-0.25, -0.2) is 0 Å². The number of halogens is 3. The van der Waals surface area contributed by atoms with Crippen LogP contribution in [0, 0.1) is 18.3 Å². The van der Waals surface area contributed by atoms with Crippen LogP contribution < -0.4 is 10.1 Å². The van der Waals surface area contributed by atoms with Gasteiger partial charge in [0.25, 0.3) is 5.91 Å². The van der Waals surface area contributed by atoms with Crippen molar-refractivity contribution < 1.29 is 9.53 Å². The first kappa shape index (κ1) is 22.7. The summed E-state index contributed by atoms with van der Waals surface area (Å²) < 4.78 is 5.74. The number of benzene rings is 3. The maximum Gasteiger partial charge on any atom is 0.266 e. The number of para-hydroxylation sites is 1. The Morgan fingerprint density at radius 3 is 2.48 bits per heavy atom. The molecule has 0 aliphatic carbocycles. The van der Waals surface area contributed by atoms with Crippen molar-refractivity contribution in [1.29, 1.82) is 5.26 Å². The molecule has 3 aromatic carbocycles.